The normalized spacial score (nSPS) is 9.30. The summed E-state index contributed by atoms with van der Waals surface area (Å²) in [5, 5.41) is 9.97. The van der Waals surface area contributed by atoms with E-state index in [0.717, 1.165) is 0 Å². The van der Waals surface area contributed by atoms with E-state index in [1.54, 1.807) is 17.5 Å². The third kappa shape index (κ3) is 1.55. The second-order valence-electron chi connectivity index (χ2n) is 1.54. The molecule has 0 spiro atoms. The molecule has 1 aromatic heterocycles. The number of hydrogen-bond acceptors (Lipinski definition) is 4. The predicted octanol–water partition coefficient (Wildman–Crippen LogP) is 0.855. The lowest BCUT2D eigenvalue weighted by Crippen LogP contribution is -2.02. The quantitative estimate of drug-likeness (QED) is 0.512. The van der Waals surface area contributed by atoms with Crippen molar-refractivity contribution in [1.29, 1.82) is 0 Å². The van der Waals surface area contributed by atoms with E-state index in [2.05, 4.69) is 4.74 Å². The first-order valence-electron chi connectivity index (χ1n) is 2.66. The molecule has 0 aromatic carbocycles. The number of esters is 1. The number of ether oxygens (including phenoxy) is 1. The largest absolute Gasteiger partial charge is 0.434 e. The van der Waals surface area contributed by atoms with Crippen molar-refractivity contribution in [2.45, 2.75) is 0 Å². The molecule has 0 atom stereocenters. The topological polar surface area (TPSA) is 46.5 Å². The van der Waals surface area contributed by atoms with Crippen LogP contribution in [0, 0.1) is 0 Å². The number of carbonyl (C=O) groups is 1. The molecule has 0 fully saturated rings. The van der Waals surface area contributed by atoms with Gasteiger partial charge in [-0.25, -0.2) is 4.79 Å². The molecule has 3 nitrogen and oxygen atoms in total. The molecular weight excluding hydrogens is 152 g/mol. The van der Waals surface area contributed by atoms with Gasteiger partial charge >= 0.3 is 5.97 Å². The van der Waals surface area contributed by atoms with Gasteiger partial charge in [0.05, 0.1) is 0 Å². The Hall–Kier alpha value is -0.870. The minimum absolute atomic E-state index is 0.475. The molecule has 1 N–H and O–H groups in total. The zero-order chi connectivity index (χ0) is 7.40. The Morgan fingerprint density at radius 2 is 2.60 bits per heavy atom. The lowest BCUT2D eigenvalue weighted by atomic mass is 10.5. The monoisotopic (exact) mass is 158 g/mol. The average molecular weight is 158 g/mol. The molecule has 4 heteroatoms. The van der Waals surface area contributed by atoms with E-state index >= 15 is 0 Å². The van der Waals surface area contributed by atoms with Crippen molar-refractivity contribution < 1.29 is 14.6 Å². The second-order valence-corrected chi connectivity index (χ2v) is 2.49. The van der Waals surface area contributed by atoms with Crippen molar-refractivity contribution in [3.05, 3.63) is 22.4 Å². The minimum atomic E-state index is -0.559. The van der Waals surface area contributed by atoms with Crippen molar-refractivity contribution in [3.8, 4) is 0 Å². The summed E-state index contributed by atoms with van der Waals surface area (Å²) in [6.07, 6.45) is 0. The third-order valence-electron chi connectivity index (χ3n) is 0.918. The second kappa shape index (κ2) is 3.34. The van der Waals surface area contributed by atoms with Gasteiger partial charge in [0.2, 0.25) is 0 Å². The average Bonchev–Trinajstić information content (AvgIpc) is 2.38. The zero-order valence-corrected chi connectivity index (χ0v) is 5.93. The van der Waals surface area contributed by atoms with Crippen LogP contribution < -0.4 is 0 Å². The van der Waals surface area contributed by atoms with Crippen molar-refractivity contribution >= 4 is 17.3 Å². The number of rotatable bonds is 2. The Kier molecular flexibility index (Phi) is 2.42. The van der Waals surface area contributed by atoms with Crippen LogP contribution in [0.1, 0.15) is 9.67 Å². The number of carbonyl (C=O) groups excluding carboxylic acids is 1. The summed E-state index contributed by atoms with van der Waals surface area (Å²) in [6.45, 7) is -0.559. The first kappa shape index (κ1) is 7.24. The van der Waals surface area contributed by atoms with Gasteiger partial charge in [-0.2, -0.15) is 0 Å². The molecule has 0 aliphatic heterocycles. The van der Waals surface area contributed by atoms with Crippen LogP contribution in [0.25, 0.3) is 0 Å². The van der Waals surface area contributed by atoms with Gasteiger partial charge < -0.3 is 9.84 Å². The molecule has 0 aliphatic rings. The number of hydrogen-bond donors (Lipinski definition) is 1. The van der Waals surface area contributed by atoms with E-state index in [-0.39, 0.29) is 0 Å². The van der Waals surface area contributed by atoms with Crippen LogP contribution in [0.3, 0.4) is 0 Å². The van der Waals surface area contributed by atoms with Gasteiger partial charge in [0.25, 0.3) is 0 Å². The number of thiophene rings is 1. The SMILES string of the molecule is O=C(OCO)c1cccs1. The summed E-state index contributed by atoms with van der Waals surface area (Å²) in [6, 6.07) is 3.39. The smallest absolute Gasteiger partial charge is 0.350 e. The zero-order valence-electron chi connectivity index (χ0n) is 5.11. The summed E-state index contributed by atoms with van der Waals surface area (Å²) in [5.41, 5.74) is 0. The van der Waals surface area contributed by atoms with Gasteiger partial charge in [-0.05, 0) is 11.4 Å². The van der Waals surface area contributed by atoms with E-state index in [4.69, 9.17) is 5.11 Å². The molecule has 1 heterocycles. The Labute approximate surface area is 61.9 Å². The highest BCUT2D eigenvalue weighted by atomic mass is 32.1. The molecule has 0 saturated heterocycles. The fourth-order valence-electron chi connectivity index (χ4n) is 0.524. The highest BCUT2D eigenvalue weighted by molar-refractivity contribution is 7.11. The molecular formula is C6H6O3S. The van der Waals surface area contributed by atoms with E-state index in [1.807, 2.05) is 0 Å². The molecule has 0 aliphatic carbocycles. The number of aliphatic hydroxyl groups is 1. The molecule has 1 rings (SSSR count). The molecule has 0 saturated carbocycles. The molecule has 0 bridgehead atoms. The van der Waals surface area contributed by atoms with Gasteiger partial charge in [0.1, 0.15) is 4.88 Å². The molecule has 0 radical (unpaired) electrons. The molecule has 54 valence electrons. The van der Waals surface area contributed by atoms with Crippen LogP contribution in [-0.4, -0.2) is 17.9 Å². The van der Waals surface area contributed by atoms with Gasteiger partial charge in [0, 0.05) is 0 Å². The Balaban J connectivity index is 2.59. The summed E-state index contributed by atoms with van der Waals surface area (Å²) < 4.78 is 4.31. The summed E-state index contributed by atoms with van der Waals surface area (Å²) >= 11 is 1.29. The standard InChI is InChI=1S/C6H6O3S/c7-4-9-6(8)5-2-1-3-10-5/h1-3,7H,4H2. The van der Waals surface area contributed by atoms with Gasteiger partial charge in [0.15, 0.2) is 6.79 Å². The van der Waals surface area contributed by atoms with Crippen molar-refractivity contribution in [2.75, 3.05) is 6.79 Å². The highest BCUT2D eigenvalue weighted by Crippen LogP contribution is 2.09. The lowest BCUT2D eigenvalue weighted by Gasteiger charge is -1.94. The Morgan fingerprint density at radius 3 is 3.10 bits per heavy atom. The maximum absolute atomic E-state index is 10.7. The van der Waals surface area contributed by atoms with Crippen LogP contribution >= 0.6 is 11.3 Å². The van der Waals surface area contributed by atoms with Crippen LogP contribution in [0.4, 0.5) is 0 Å². The number of aliphatic hydroxyl groups excluding tert-OH is 1. The Bertz CT molecular complexity index is 205. The maximum Gasteiger partial charge on any atom is 0.350 e. The molecule has 0 unspecified atom stereocenters. The van der Waals surface area contributed by atoms with Crippen LogP contribution in [-0.2, 0) is 4.74 Å². The summed E-state index contributed by atoms with van der Waals surface area (Å²) in [4.78, 5) is 11.2. The van der Waals surface area contributed by atoms with E-state index < -0.39 is 12.8 Å². The third-order valence-corrected chi connectivity index (χ3v) is 1.77. The van der Waals surface area contributed by atoms with Gasteiger partial charge in [-0.1, -0.05) is 6.07 Å². The molecule has 1 aromatic rings. The summed E-state index contributed by atoms with van der Waals surface area (Å²) in [7, 11) is 0. The van der Waals surface area contributed by atoms with E-state index in [1.165, 1.54) is 11.3 Å². The molecule has 0 amide bonds. The highest BCUT2D eigenvalue weighted by Gasteiger charge is 2.05. The van der Waals surface area contributed by atoms with Gasteiger partial charge in [-0.3, -0.25) is 0 Å². The van der Waals surface area contributed by atoms with E-state index in [9.17, 15) is 4.79 Å². The van der Waals surface area contributed by atoms with Crippen LogP contribution in [0.15, 0.2) is 17.5 Å². The minimum Gasteiger partial charge on any atom is -0.434 e. The fraction of sp³-hybridized carbons (Fsp3) is 0.167. The lowest BCUT2D eigenvalue weighted by molar-refractivity contribution is 0.00735. The first-order valence-corrected chi connectivity index (χ1v) is 3.54. The van der Waals surface area contributed by atoms with E-state index in [0.29, 0.717) is 4.88 Å². The molecule has 10 heavy (non-hydrogen) atoms. The summed E-state index contributed by atoms with van der Waals surface area (Å²) in [5.74, 6) is -0.475. The van der Waals surface area contributed by atoms with Crippen molar-refractivity contribution in [3.63, 3.8) is 0 Å². The van der Waals surface area contributed by atoms with Crippen molar-refractivity contribution in [2.24, 2.45) is 0 Å². The maximum atomic E-state index is 10.7. The van der Waals surface area contributed by atoms with Crippen LogP contribution in [0.5, 0.6) is 0 Å². The Morgan fingerprint density at radius 1 is 1.80 bits per heavy atom. The van der Waals surface area contributed by atoms with Crippen molar-refractivity contribution in [1.82, 2.24) is 0 Å². The predicted molar refractivity (Wildman–Crippen MR) is 36.8 cm³/mol. The van der Waals surface area contributed by atoms with Crippen LogP contribution in [0.2, 0.25) is 0 Å². The first-order chi connectivity index (χ1) is 4.84. The fourth-order valence-corrected chi connectivity index (χ4v) is 1.14. The van der Waals surface area contributed by atoms with Gasteiger partial charge in [-0.15, -0.1) is 11.3 Å².